The summed E-state index contributed by atoms with van der Waals surface area (Å²) in [6, 6.07) is 6.80. The molecule has 0 radical (unpaired) electrons. The Bertz CT molecular complexity index is 550. The highest BCUT2D eigenvalue weighted by Gasteiger charge is 2.10. The van der Waals surface area contributed by atoms with Crippen molar-refractivity contribution in [3.05, 3.63) is 47.5 Å². The lowest BCUT2D eigenvalue weighted by Crippen LogP contribution is -2.04. The van der Waals surface area contributed by atoms with Crippen LogP contribution in [0.25, 0.3) is 5.69 Å². The summed E-state index contributed by atoms with van der Waals surface area (Å²) in [6.45, 7) is 11.2. The van der Waals surface area contributed by atoms with Crippen LogP contribution < -0.4 is 0 Å². The van der Waals surface area contributed by atoms with E-state index >= 15 is 0 Å². The van der Waals surface area contributed by atoms with E-state index in [2.05, 4.69) is 62.4 Å². The van der Waals surface area contributed by atoms with E-state index in [0.29, 0.717) is 11.8 Å². The van der Waals surface area contributed by atoms with Crippen LogP contribution in [0, 0.1) is 12.8 Å². The molecule has 0 aliphatic carbocycles. The van der Waals surface area contributed by atoms with Crippen molar-refractivity contribution >= 4 is 0 Å². The predicted molar refractivity (Wildman–Crippen MR) is 80.9 cm³/mol. The molecule has 2 nitrogen and oxygen atoms in total. The van der Waals surface area contributed by atoms with Crippen molar-refractivity contribution in [1.29, 1.82) is 0 Å². The second-order valence-corrected chi connectivity index (χ2v) is 6.04. The zero-order valence-electron chi connectivity index (χ0n) is 12.6. The van der Waals surface area contributed by atoms with Crippen LogP contribution in [0.5, 0.6) is 0 Å². The number of nitrogens with zero attached hydrogens (tertiary/aromatic N) is 2. The molecule has 0 aliphatic rings. The zero-order valence-corrected chi connectivity index (χ0v) is 12.6. The molecule has 1 aromatic carbocycles. The molecule has 0 bridgehead atoms. The maximum atomic E-state index is 4.21. The summed E-state index contributed by atoms with van der Waals surface area (Å²) in [5, 5.41) is 0. The first-order valence-electron chi connectivity index (χ1n) is 7.11. The Labute approximate surface area is 116 Å². The molecule has 0 fully saturated rings. The minimum absolute atomic E-state index is 0.576. The van der Waals surface area contributed by atoms with Gasteiger partial charge in [0, 0.05) is 17.6 Å². The summed E-state index contributed by atoms with van der Waals surface area (Å²) < 4.78 is 2.15. The van der Waals surface area contributed by atoms with Gasteiger partial charge in [-0.1, -0.05) is 33.8 Å². The lowest BCUT2D eigenvalue weighted by atomic mass is 9.91. The highest BCUT2D eigenvalue weighted by atomic mass is 15.0. The molecule has 0 amide bonds. The quantitative estimate of drug-likeness (QED) is 0.787. The smallest absolute Gasteiger partial charge is 0.0994 e. The Balaban J connectivity index is 2.46. The number of imidazole rings is 1. The Hall–Kier alpha value is -1.57. The van der Waals surface area contributed by atoms with Gasteiger partial charge in [0.15, 0.2) is 0 Å². The van der Waals surface area contributed by atoms with E-state index in [1.165, 1.54) is 22.5 Å². The monoisotopic (exact) mass is 256 g/mol. The fraction of sp³-hybridized carbons (Fsp3) is 0.471. The second-order valence-electron chi connectivity index (χ2n) is 6.04. The molecule has 0 atom stereocenters. The molecular formula is C17H24N2. The van der Waals surface area contributed by atoms with Crippen molar-refractivity contribution in [3.8, 4) is 5.69 Å². The van der Waals surface area contributed by atoms with Crippen molar-refractivity contribution < 1.29 is 0 Å². The highest BCUT2D eigenvalue weighted by molar-refractivity contribution is 5.43. The maximum absolute atomic E-state index is 4.21. The van der Waals surface area contributed by atoms with Crippen LogP contribution in [-0.2, 0) is 6.42 Å². The molecular weight excluding hydrogens is 232 g/mol. The van der Waals surface area contributed by atoms with Crippen LogP contribution in [0.15, 0.2) is 30.7 Å². The van der Waals surface area contributed by atoms with Crippen molar-refractivity contribution in [1.82, 2.24) is 9.55 Å². The van der Waals surface area contributed by atoms with Crippen LogP contribution in [0.4, 0.5) is 0 Å². The average molecular weight is 256 g/mol. The number of rotatable bonds is 4. The topological polar surface area (TPSA) is 17.8 Å². The normalized spacial score (nSPS) is 11.5. The fourth-order valence-corrected chi connectivity index (χ4v) is 2.55. The third-order valence-electron chi connectivity index (χ3n) is 3.48. The summed E-state index contributed by atoms with van der Waals surface area (Å²) in [4.78, 5) is 4.21. The van der Waals surface area contributed by atoms with E-state index < -0.39 is 0 Å². The predicted octanol–water partition coefficient (Wildman–Crippen LogP) is 4.50. The van der Waals surface area contributed by atoms with Crippen LogP contribution in [0.1, 0.15) is 50.4 Å². The molecule has 19 heavy (non-hydrogen) atoms. The molecule has 102 valence electrons. The van der Waals surface area contributed by atoms with E-state index in [-0.39, 0.29) is 0 Å². The molecule has 1 heterocycles. The summed E-state index contributed by atoms with van der Waals surface area (Å²) in [6.07, 6.45) is 4.92. The van der Waals surface area contributed by atoms with Gasteiger partial charge in [0.2, 0.25) is 0 Å². The molecule has 0 saturated carbocycles. The van der Waals surface area contributed by atoms with E-state index in [0.717, 1.165) is 6.42 Å². The van der Waals surface area contributed by atoms with Gasteiger partial charge in [0.25, 0.3) is 0 Å². The number of aromatic nitrogens is 2. The van der Waals surface area contributed by atoms with Gasteiger partial charge in [0.05, 0.1) is 6.33 Å². The van der Waals surface area contributed by atoms with Crippen molar-refractivity contribution in [3.63, 3.8) is 0 Å². The molecule has 0 aliphatic heterocycles. The Morgan fingerprint density at radius 3 is 2.42 bits per heavy atom. The van der Waals surface area contributed by atoms with Gasteiger partial charge in [-0.05, 0) is 48.4 Å². The van der Waals surface area contributed by atoms with Crippen molar-refractivity contribution in [2.45, 2.75) is 47.0 Å². The summed E-state index contributed by atoms with van der Waals surface area (Å²) >= 11 is 0. The number of hydrogen-bond acceptors (Lipinski definition) is 1. The largest absolute Gasteiger partial charge is 0.304 e. The van der Waals surface area contributed by atoms with Gasteiger partial charge in [-0.15, -0.1) is 0 Å². The highest BCUT2D eigenvalue weighted by Crippen LogP contribution is 2.25. The third kappa shape index (κ3) is 3.06. The first kappa shape index (κ1) is 13.9. The van der Waals surface area contributed by atoms with E-state index in [1.54, 1.807) is 0 Å². The molecule has 2 rings (SSSR count). The Morgan fingerprint density at radius 2 is 1.89 bits per heavy atom. The molecule has 1 aromatic heterocycles. The first-order valence-corrected chi connectivity index (χ1v) is 7.11. The first-order chi connectivity index (χ1) is 8.99. The van der Waals surface area contributed by atoms with Crippen LogP contribution in [-0.4, -0.2) is 9.55 Å². The van der Waals surface area contributed by atoms with E-state index in [4.69, 9.17) is 0 Å². The molecule has 0 unspecified atom stereocenters. The van der Waals surface area contributed by atoms with E-state index in [1.807, 2.05) is 12.5 Å². The Morgan fingerprint density at radius 1 is 1.16 bits per heavy atom. The fourth-order valence-electron chi connectivity index (χ4n) is 2.55. The van der Waals surface area contributed by atoms with Gasteiger partial charge in [-0.3, -0.25) is 0 Å². The summed E-state index contributed by atoms with van der Waals surface area (Å²) in [5.74, 6) is 1.25. The third-order valence-corrected chi connectivity index (χ3v) is 3.48. The average Bonchev–Trinajstić information content (AvgIpc) is 2.74. The van der Waals surface area contributed by atoms with Gasteiger partial charge < -0.3 is 4.57 Å². The van der Waals surface area contributed by atoms with Crippen LogP contribution >= 0.6 is 0 Å². The van der Waals surface area contributed by atoms with E-state index in [9.17, 15) is 0 Å². The molecule has 2 heteroatoms. The Kier molecular flexibility index (Phi) is 4.08. The number of benzene rings is 1. The van der Waals surface area contributed by atoms with Gasteiger partial charge in [-0.25, -0.2) is 4.98 Å². The minimum atomic E-state index is 0.576. The standard InChI is InChI=1S/C17H24N2/c1-12(2)8-15-9-16(6-7-17(15)13(3)4)19-11-18-10-14(19)5/h6-7,9-13H,8H2,1-5H3. The van der Waals surface area contributed by atoms with Crippen LogP contribution in [0.2, 0.25) is 0 Å². The molecule has 0 saturated heterocycles. The lowest BCUT2D eigenvalue weighted by molar-refractivity contribution is 0.638. The summed E-state index contributed by atoms with van der Waals surface area (Å²) in [5.41, 5.74) is 5.33. The van der Waals surface area contributed by atoms with Crippen molar-refractivity contribution in [2.24, 2.45) is 5.92 Å². The molecule has 0 spiro atoms. The second kappa shape index (κ2) is 5.60. The summed E-state index contributed by atoms with van der Waals surface area (Å²) in [7, 11) is 0. The van der Waals surface area contributed by atoms with Gasteiger partial charge in [-0.2, -0.15) is 0 Å². The van der Waals surface area contributed by atoms with Gasteiger partial charge >= 0.3 is 0 Å². The minimum Gasteiger partial charge on any atom is -0.304 e. The van der Waals surface area contributed by atoms with Gasteiger partial charge in [0.1, 0.15) is 0 Å². The number of hydrogen-bond donors (Lipinski definition) is 0. The van der Waals surface area contributed by atoms with Crippen LogP contribution in [0.3, 0.4) is 0 Å². The lowest BCUT2D eigenvalue weighted by Gasteiger charge is -2.17. The SMILES string of the molecule is Cc1cncn1-c1ccc(C(C)C)c(CC(C)C)c1. The van der Waals surface area contributed by atoms with Crippen molar-refractivity contribution in [2.75, 3.05) is 0 Å². The zero-order chi connectivity index (χ0) is 14.0. The molecule has 0 N–H and O–H groups in total. The molecule has 2 aromatic rings. The maximum Gasteiger partial charge on any atom is 0.0994 e. The number of aryl methyl sites for hydroxylation is 1.